The molecule has 4 nitrogen and oxygen atoms in total. The molecule has 2 heterocycles. The van der Waals surface area contributed by atoms with Gasteiger partial charge in [-0.25, -0.2) is 8.42 Å². The molecule has 0 saturated carbocycles. The second kappa shape index (κ2) is 6.41. The third-order valence-electron chi connectivity index (χ3n) is 5.50. The smallest absolute Gasteiger partial charge is 0.206 e. The molecule has 2 atom stereocenters. The molecule has 0 fully saturated rings. The van der Waals surface area contributed by atoms with Gasteiger partial charge in [0.1, 0.15) is 16.6 Å². The molecule has 7 heteroatoms. The largest absolute Gasteiger partial charge is 0.413 e. The van der Waals surface area contributed by atoms with Crippen molar-refractivity contribution < 1.29 is 17.6 Å². The molecule has 0 aromatic heterocycles. The van der Waals surface area contributed by atoms with E-state index in [-0.39, 0.29) is 27.5 Å². The Morgan fingerprint density at radius 2 is 1.85 bits per heavy atom. The molecule has 2 bridgehead atoms. The summed E-state index contributed by atoms with van der Waals surface area (Å²) in [5.74, 6) is 0. The lowest BCUT2D eigenvalue weighted by Gasteiger charge is -2.39. The summed E-state index contributed by atoms with van der Waals surface area (Å²) in [6.07, 6.45) is 3.36. The average Bonchev–Trinajstić information content (AvgIpc) is 3.09. The van der Waals surface area contributed by atoms with Gasteiger partial charge in [0.05, 0.1) is 11.5 Å². The van der Waals surface area contributed by atoms with Crippen LogP contribution in [-0.2, 0) is 19.0 Å². The molecular weight excluding hydrogens is 432 g/mol. The van der Waals surface area contributed by atoms with E-state index in [1.807, 2.05) is 12.2 Å². The number of rotatable bonds is 5. The third kappa shape index (κ3) is 3.18. The van der Waals surface area contributed by atoms with Crippen molar-refractivity contribution >= 4 is 34.1 Å². The number of halogens is 1. The first kappa shape index (κ1) is 20.0. The van der Waals surface area contributed by atoms with E-state index in [0.29, 0.717) is 4.48 Å². The Labute approximate surface area is 165 Å². The molecule has 1 aromatic carbocycles. The van der Waals surface area contributed by atoms with E-state index in [1.165, 1.54) is 0 Å². The predicted molar refractivity (Wildman–Crippen MR) is 109 cm³/mol. The summed E-state index contributed by atoms with van der Waals surface area (Å²) in [4.78, 5) is 0.533. The Morgan fingerprint density at radius 1 is 1.23 bits per heavy atom. The molecule has 142 valence electrons. The van der Waals surface area contributed by atoms with Gasteiger partial charge in [0.15, 0.2) is 8.32 Å². The van der Waals surface area contributed by atoms with Gasteiger partial charge in [-0.15, -0.1) is 0 Å². The fraction of sp³-hybridized carbons (Fsp3) is 0.474. The molecule has 0 unspecified atom stereocenters. The van der Waals surface area contributed by atoms with Crippen LogP contribution in [0.15, 0.2) is 56.8 Å². The molecule has 0 amide bonds. The van der Waals surface area contributed by atoms with Crippen LogP contribution in [0.2, 0.25) is 18.1 Å². The zero-order chi connectivity index (χ0) is 19.4. The Kier molecular flexibility index (Phi) is 4.93. The Morgan fingerprint density at radius 3 is 2.42 bits per heavy atom. The van der Waals surface area contributed by atoms with Crippen LogP contribution in [0.25, 0.3) is 0 Å². The summed E-state index contributed by atoms with van der Waals surface area (Å²) >= 11 is 3.47. The van der Waals surface area contributed by atoms with E-state index in [9.17, 15) is 8.42 Å². The zero-order valence-electron chi connectivity index (χ0n) is 15.7. The molecule has 26 heavy (non-hydrogen) atoms. The normalized spacial score (nSPS) is 26.0. The first-order valence-corrected chi connectivity index (χ1v) is 13.8. The van der Waals surface area contributed by atoms with Crippen molar-refractivity contribution in [3.05, 3.63) is 51.9 Å². The quantitative estimate of drug-likeness (QED) is 0.471. The highest BCUT2D eigenvalue weighted by Gasteiger charge is 2.55. The second-order valence-corrected chi connectivity index (χ2v) is 15.9. The van der Waals surface area contributed by atoms with Crippen molar-refractivity contribution in [2.24, 2.45) is 0 Å². The lowest BCUT2D eigenvalue weighted by molar-refractivity contribution is 0.00894. The van der Waals surface area contributed by atoms with Gasteiger partial charge in [0.2, 0.25) is 9.84 Å². The van der Waals surface area contributed by atoms with Crippen molar-refractivity contribution in [3.63, 3.8) is 0 Å². The summed E-state index contributed by atoms with van der Waals surface area (Å²) in [6.45, 7) is 11.0. The Bertz CT molecular complexity index is 869. The fourth-order valence-electron chi connectivity index (χ4n) is 2.87. The molecule has 3 rings (SSSR count). The predicted octanol–water partition coefficient (Wildman–Crippen LogP) is 4.80. The van der Waals surface area contributed by atoms with Crippen LogP contribution >= 0.6 is 15.9 Å². The van der Waals surface area contributed by atoms with Gasteiger partial charge in [-0.3, -0.25) is 0 Å². The van der Waals surface area contributed by atoms with Gasteiger partial charge in [0.25, 0.3) is 0 Å². The first-order valence-electron chi connectivity index (χ1n) is 8.62. The highest BCUT2D eigenvalue weighted by molar-refractivity contribution is 9.11. The van der Waals surface area contributed by atoms with E-state index in [4.69, 9.17) is 9.16 Å². The highest BCUT2D eigenvalue weighted by atomic mass is 79.9. The number of fused-ring (bicyclic) bond motifs is 2. The summed E-state index contributed by atoms with van der Waals surface area (Å²) in [5.41, 5.74) is -1.06. The third-order valence-corrected chi connectivity index (χ3v) is 13.1. The molecule has 0 spiro atoms. The van der Waals surface area contributed by atoms with E-state index in [2.05, 4.69) is 49.8 Å². The summed E-state index contributed by atoms with van der Waals surface area (Å²) in [6, 6.07) is 8.48. The fourth-order valence-corrected chi connectivity index (χ4v) is 6.85. The van der Waals surface area contributed by atoms with Crippen molar-refractivity contribution in [3.8, 4) is 0 Å². The minimum atomic E-state index is -3.69. The maximum atomic E-state index is 13.3. The lowest BCUT2D eigenvalue weighted by Crippen LogP contribution is -2.46. The molecule has 0 saturated heterocycles. The van der Waals surface area contributed by atoms with Gasteiger partial charge < -0.3 is 9.16 Å². The maximum absolute atomic E-state index is 13.3. The van der Waals surface area contributed by atoms with Gasteiger partial charge in [0, 0.05) is 4.48 Å². The number of sulfone groups is 1. The van der Waals surface area contributed by atoms with Gasteiger partial charge in [-0.2, -0.15) is 0 Å². The van der Waals surface area contributed by atoms with E-state index in [0.717, 1.165) is 0 Å². The monoisotopic (exact) mass is 456 g/mol. The summed E-state index contributed by atoms with van der Waals surface area (Å²) < 4.78 is 39.6. The minimum absolute atomic E-state index is 0.0311. The van der Waals surface area contributed by atoms with Crippen LogP contribution in [0.3, 0.4) is 0 Å². The zero-order valence-corrected chi connectivity index (χ0v) is 19.1. The molecule has 0 radical (unpaired) electrons. The molecule has 1 aromatic rings. The topological polar surface area (TPSA) is 52.6 Å². The van der Waals surface area contributed by atoms with Gasteiger partial charge >= 0.3 is 0 Å². The van der Waals surface area contributed by atoms with Crippen LogP contribution in [-0.4, -0.2) is 35.0 Å². The summed E-state index contributed by atoms with van der Waals surface area (Å²) in [5, 5.41) is 0.0311. The number of benzene rings is 1. The van der Waals surface area contributed by atoms with Crippen LogP contribution < -0.4 is 0 Å². The number of hydrogen-bond donors (Lipinski definition) is 0. The average molecular weight is 457 g/mol. The van der Waals surface area contributed by atoms with E-state index < -0.39 is 23.8 Å². The Hall–Kier alpha value is -0.733. The summed E-state index contributed by atoms with van der Waals surface area (Å²) in [7, 11) is -5.74. The van der Waals surface area contributed by atoms with Crippen LogP contribution in [0.5, 0.6) is 0 Å². The number of hydrogen-bond acceptors (Lipinski definition) is 4. The first-order chi connectivity index (χ1) is 11.9. The van der Waals surface area contributed by atoms with Crippen LogP contribution in [0.1, 0.15) is 20.8 Å². The standard InChI is InChI=1S/C19H25BrO4SSi/c1-18(2,3)26(4,5)23-13-19-12-11-15(24-19)16(20)17(19)25(21,22)14-9-7-6-8-10-14/h6-12,15H,13H2,1-5H3/t15-,19-/m0/s1. The van der Waals surface area contributed by atoms with Crippen molar-refractivity contribution in [1.82, 2.24) is 0 Å². The van der Waals surface area contributed by atoms with Gasteiger partial charge in [-0.1, -0.05) is 61.0 Å². The maximum Gasteiger partial charge on any atom is 0.206 e. The van der Waals surface area contributed by atoms with Crippen LogP contribution in [0.4, 0.5) is 0 Å². The number of ether oxygens (including phenoxy) is 1. The van der Waals surface area contributed by atoms with E-state index in [1.54, 1.807) is 30.3 Å². The van der Waals surface area contributed by atoms with Crippen LogP contribution in [0, 0.1) is 0 Å². The molecule has 2 aliphatic heterocycles. The highest BCUT2D eigenvalue weighted by Crippen LogP contribution is 2.50. The molecule has 2 aliphatic rings. The molecule has 0 N–H and O–H groups in total. The lowest BCUT2D eigenvalue weighted by atomic mass is 10.0. The minimum Gasteiger partial charge on any atom is -0.413 e. The van der Waals surface area contributed by atoms with Crippen molar-refractivity contribution in [1.29, 1.82) is 0 Å². The van der Waals surface area contributed by atoms with Crippen molar-refractivity contribution in [2.75, 3.05) is 6.61 Å². The van der Waals surface area contributed by atoms with Gasteiger partial charge in [-0.05, 0) is 36.3 Å². The van der Waals surface area contributed by atoms with Crippen molar-refractivity contribution in [2.45, 2.75) is 55.5 Å². The Balaban J connectivity index is 1.98. The SMILES string of the molecule is CC(C)(C)[Si](C)(C)OC[C@]12C=C[C@H](O1)C(Br)=C2S(=O)(=O)c1ccccc1. The molecular formula is C19H25BrO4SSi. The molecule has 0 aliphatic carbocycles. The van der Waals surface area contributed by atoms with E-state index >= 15 is 0 Å². The second-order valence-electron chi connectivity index (χ2n) is 8.33.